The van der Waals surface area contributed by atoms with Gasteiger partial charge in [0.2, 0.25) is 5.91 Å². The Morgan fingerprint density at radius 3 is 2.74 bits per heavy atom. The quantitative estimate of drug-likeness (QED) is 0.579. The molecule has 2 heterocycles. The van der Waals surface area contributed by atoms with E-state index in [1.54, 1.807) is 23.4 Å². The highest BCUT2D eigenvalue weighted by molar-refractivity contribution is 5.87. The summed E-state index contributed by atoms with van der Waals surface area (Å²) >= 11 is 0. The van der Waals surface area contributed by atoms with Crippen LogP contribution in [0.4, 0.5) is 4.79 Å². The molecule has 3 amide bonds. The number of rotatable bonds is 7. The van der Waals surface area contributed by atoms with Crippen molar-refractivity contribution in [3.8, 4) is 6.07 Å². The van der Waals surface area contributed by atoms with Crippen LogP contribution >= 0.6 is 0 Å². The Morgan fingerprint density at radius 2 is 1.97 bits per heavy atom. The zero-order valence-corrected chi connectivity index (χ0v) is 19.5. The smallest absolute Gasteiger partial charge is 0.318 e. The van der Waals surface area contributed by atoms with Crippen molar-refractivity contribution >= 4 is 11.9 Å². The van der Waals surface area contributed by atoms with Crippen molar-refractivity contribution in [3.05, 3.63) is 53.6 Å². The van der Waals surface area contributed by atoms with E-state index >= 15 is 0 Å². The van der Waals surface area contributed by atoms with Crippen molar-refractivity contribution in [2.24, 2.45) is 0 Å². The number of nitrogens with one attached hydrogen (secondary N) is 3. The molecule has 180 valence electrons. The highest BCUT2D eigenvalue weighted by atomic mass is 16.2. The third-order valence-corrected chi connectivity index (χ3v) is 6.65. The number of amides is 3. The summed E-state index contributed by atoms with van der Waals surface area (Å²) in [6.45, 7) is 2.79. The van der Waals surface area contributed by atoms with E-state index in [2.05, 4.69) is 27.0 Å². The number of carbonyl (C=O) groups excluding carboxylic acids is 2. The number of hydrogen-bond acceptors (Lipinski definition) is 5. The molecule has 2 aliphatic rings. The van der Waals surface area contributed by atoms with E-state index in [1.165, 1.54) is 6.42 Å². The molecule has 0 radical (unpaired) electrons. The van der Waals surface area contributed by atoms with Crippen LogP contribution in [0, 0.1) is 11.3 Å². The van der Waals surface area contributed by atoms with Crippen LogP contribution in [0.2, 0.25) is 0 Å². The van der Waals surface area contributed by atoms with Gasteiger partial charge < -0.3 is 25.4 Å². The first-order valence-electron chi connectivity index (χ1n) is 12.2. The Balaban J connectivity index is 1.28. The van der Waals surface area contributed by atoms with Crippen molar-refractivity contribution in [2.75, 3.05) is 26.2 Å². The van der Waals surface area contributed by atoms with E-state index in [-0.39, 0.29) is 18.0 Å². The third-order valence-electron chi connectivity index (χ3n) is 6.65. The van der Waals surface area contributed by atoms with Gasteiger partial charge in [-0.2, -0.15) is 5.26 Å². The SMILES string of the molecule is N#Cc1ccc(Cn2cncc2CCNC(=O)[C@H]2CNCCN2C(=O)NC2CCCCC2)cc1. The second-order valence-electron chi connectivity index (χ2n) is 9.06. The van der Waals surface area contributed by atoms with Crippen molar-refractivity contribution in [2.45, 2.75) is 57.2 Å². The normalized spacial score (nSPS) is 18.8. The Morgan fingerprint density at radius 1 is 1.18 bits per heavy atom. The first-order valence-corrected chi connectivity index (χ1v) is 12.2. The molecule has 1 saturated carbocycles. The minimum Gasteiger partial charge on any atom is -0.354 e. The zero-order chi connectivity index (χ0) is 23.8. The van der Waals surface area contributed by atoms with Crippen LogP contribution in [0.15, 0.2) is 36.8 Å². The highest BCUT2D eigenvalue weighted by Gasteiger charge is 2.33. The summed E-state index contributed by atoms with van der Waals surface area (Å²) in [5.41, 5.74) is 2.73. The van der Waals surface area contributed by atoms with Gasteiger partial charge in [0.05, 0.1) is 18.0 Å². The molecule has 0 unspecified atom stereocenters. The number of imidazole rings is 1. The predicted octanol–water partition coefficient (Wildman–Crippen LogP) is 1.78. The lowest BCUT2D eigenvalue weighted by Crippen LogP contribution is -2.62. The molecule has 1 aliphatic carbocycles. The molecule has 4 rings (SSSR count). The average molecular weight is 464 g/mol. The topological polar surface area (TPSA) is 115 Å². The highest BCUT2D eigenvalue weighted by Crippen LogP contribution is 2.18. The Kier molecular flexibility index (Phi) is 8.15. The number of hydrogen-bond donors (Lipinski definition) is 3. The van der Waals surface area contributed by atoms with Crippen LogP contribution in [0.3, 0.4) is 0 Å². The van der Waals surface area contributed by atoms with E-state index in [0.717, 1.165) is 36.9 Å². The largest absolute Gasteiger partial charge is 0.354 e. The fourth-order valence-corrected chi connectivity index (χ4v) is 4.70. The molecule has 34 heavy (non-hydrogen) atoms. The number of urea groups is 1. The molecule has 0 bridgehead atoms. The first kappa shape index (κ1) is 23.8. The van der Waals surface area contributed by atoms with Gasteiger partial charge in [0.15, 0.2) is 0 Å². The van der Waals surface area contributed by atoms with Crippen molar-refractivity contribution in [1.82, 2.24) is 30.4 Å². The molecular weight excluding hydrogens is 430 g/mol. The summed E-state index contributed by atoms with van der Waals surface area (Å²) in [5, 5.41) is 18.3. The van der Waals surface area contributed by atoms with E-state index < -0.39 is 6.04 Å². The van der Waals surface area contributed by atoms with Crippen LogP contribution in [-0.4, -0.2) is 64.7 Å². The average Bonchev–Trinajstić information content (AvgIpc) is 3.31. The molecule has 1 atom stereocenters. The minimum absolute atomic E-state index is 0.131. The Hall–Kier alpha value is -3.38. The number of aromatic nitrogens is 2. The van der Waals surface area contributed by atoms with E-state index in [1.807, 2.05) is 22.9 Å². The van der Waals surface area contributed by atoms with Crippen LogP contribution in [0.25, 0.3) is 0 Å². The molecule has 0 spiro atoms. The summed E-state index contributed by atoms with van der Waals surface area (Å²) in [5.74, 6) is -0.135. The second kappa shape index (κ2) is 11.7. The second-order valence-corrected chi connectivity index (χ2v) is 9.06. The van der Waals surface area contributed by atoms with Gasteiger partial charge in [-0.3, -0.25) is 4.79 Å². The van der Waals surface area contributed by atoms with Gasteiger partial charge >= 0.3 is 6.03 Å². The summed E-state index contributed by atoms with van der Waals surface area (Å²) in [4.78, 5) is 31.8. The zero-order valence-electron chi connectivity index (χ0n) is 19.5. The fourth-order valence-electron chi connectivity index (χ4n) is 4.70. The number of benzene rings is 1. The Bertz CT molecular complexity index is 1010. The maximum Gasteiger partial charge on any atom is 0.318 e. The van der Waals surface area contributed by atoms with Gasteiger partial charge in [-0.15, -0.1) is 0 Å². The van der Waals surface area contributed by atoms with Gasteiger partial charge in [-0.1, -0.05) is 31.4 Å². The first-order chi connectivity index (χ1) is 16.6. The molecule has 1 aromatic carbocycles. The lowest BCUT2D eigenvalue weighted by atomic mass is 9.96. The van der Waals surface area contributed by atoms with Gasteiger partial charge in [0.25, 0.3) is 0 Å². The number of nitriles is 1. The molecule has 2 fully saturated rings. The Labute approximate surface area is 200 Å². The maximum atomic E-state index is 12.9. The number of nitrogens with zero attached hydrogens (tertiary/aromatic N) is 4. The van der Waals surface area contributed by atoms with Crippen LogP contribution in [0.1, 0.15) is 48.9 Å². The van der Waals surface area contributed by atoms with E-state index in [4.69, 9.17) is 5.26 Å². The standard InChI is InChI=1S/C25H33N7O2/c26-14-19-6-8-20(9-7-19)17-31-18-28-15-22(31)10-11-29-24(33)23-16-27-12-13-32(23)25(34)30-21-4-2-1-3-5-21/h6-9,15,18,21,23,27H,1-5,10-13,16-17H2,(H,29,33)(H,30,34)/t23-/m1/s1. The molecule has 1 aromatic heterocycles. The minimum atomic E-state index is -0.513. The van der Waals surface area contributed by atoms with E-state index in [9.17, 15) is 9.59 Å². The molecule has 9 heteroatoms. The van der Waals surface area contributed by atoms with Crippen molar-refractivity contribution in [3.63, 3.8) is 0 Å². The molecule has 3 N–H and O–H groups in total. The number of carbonyl (C=O) groups is 2. The van der Waals surface area contributed by atoms with Crippen molar-refractivity contribution in [1.29, 1.82) is 5.26 Å². The van der Waals surface area contributed by atoms with Gasteiger partial charge in [-0.25, -0.2) is 9.78 Å². The van der Waals surface area contributed by atoms with E-state index in [0.29, 0.717) is 44.7 Å². The summed E-state index contributed by atoms with van der Waals surface area (Å²) < 4.78 is 2.04. The van der Waals surface area contributed by atoms with Gasteiger partial charge in [-0.05, 0) is 30.5 Å². The van der Waals surface area contributed by atoms with Crippen LogP contribution < -0.4 is 16.0 Å². The fraction of sp³-hybridized carbons (Fsp3) is 0.520. The predicted molar refractivity (Wildman–Crippen MR) is 128 cm³/mol. The van der Waals surface area contributed by atoms with Gasteiger partial charge in [0, 0.05) is 57.1 Å². The monoisotopic (exact) mass is 463 g/mol. The lowest BCUT2D eigenvalue weighted by molar-refractivity contribution is -0.125. The van der Waals surface area contributed by atoms with Crippen LogP contribution in [-0.2, 0) is 17.8 Å². The molecular formula is C25H33N7O2. The van der Waals surface area contributed by atoms with Gasteiger partial charge in [0.1, 0.15) is 6.04 Å². The molecule has 1 saturated heterocycles. The lowest BCUT2D eigenvalue weighted by Gasteiger charge is -2.36. The molecule has 1 aliphatic heterocycles. The molecule has 2 aromatic rings. The van der Waals surface area contributed by atoms with Crippen molar-refractivity contribution < 1.29 is 9.59 Å². The number of piperazine rings is 1. The summed E-state index contributed by atoms with van der Waals surface area (Å²) in [6.07, 6.45) is 9.79. The summed E-state index contributed by atoms with van der Waals surface area (Å²) in [7, 11) is 0. The maximum absolute atomic E-state index is 12.9. The molecule has 9 nitrogen and oxygen atoms in total. The third kappa shape index (κ3) is 6.14. The summed E-state index contributed by atoms with van der Waals surface area (Å²) in [6, 6.07) is 9.19. The van der Waals surface area contributed by atoms with Crippen LogP contribution in [0.5, 0.6) is 0 Å².